The highest BCUT2D eigenvalue weighted by Gasteiger charge is 2.47. The molecular weight excluding hydrogens is 943 g/mol. The van der Waals surface area contributed by atoms with Crippen molar-refractivity contribution < 1.29 is 49.3 Å². The van der Waals surface area contributed by atoms with Crippen LogP contribution in [-0.2, 0) is 23.8 Å². The standard InChI is InChI=1S/C64H111NO10/c1-4-7-10-13-16-19-22-24-25-26-27-28-29-30-31-32-33-34-37-40-43-46-49-52-59(69)75-62-61(71)60(70)58(53-66)74-64(62)73-54-55(56(67)50-47-44-41-38-35-21-18-15-12-9-6-3)65-63(72)57(68)51-48-45-42-39-36-23-20-17-14-11-8-5-2/h8,11,14,17,20,23-25,36,39,42,45,47,50,55-58,60-62,64,66-68,70-71H,4-7,9-10,12-13,15-16,18-19,21-22,26-35,37-38,40-41,43-44,46,48-49,51-54H2,1-3H3,(H,65,72)/b11-8+,17-14+,23-20-,25-24+,39-36-,45-42+,50-47+. The van der Waals surface area contributed by atoms with Crippen LogP contribution in [0.1, 0.15) is 245 Å². The van der Waals surface area contributed by atoms with Crippen molar-refractivity contribution in [3.05, 3.63) is 85.1 Å². The molecule has 75 heavy (non-hydrogen) atoms. The van der Waals surface area contributed by atoms with Gasteiger partial charge in [-0.15, -0.1) is 0 Å². The molecule has 0 radical (unpaired) electrons. The lowest BCUT2D eigenvalue weighted by Gasteiger charge is -2.41. The fourth-order valence-corrected chi connectivity index (χ4v) is 9.09. The molecule has 6 N–H and O–H groups in total. The summed E-state index contributed by atoms with van der Waals surface area (Å²) in [5, 5.41) is 56.7. The lowest BCUT2D eigenvalue weighted by molar-refractivity contribution is -0.305. The second-order valence-corrected chi connectivity index (χ2v) is 20.8. The Morgan fingerprint density at radius 3 is 1.45 bits per heavy atom. The fraction of sp³-hybridized carbons (Fsp3) is 0.750. The number of aliphatic hydroxyl groups excluding tert-OH is 5. The van der Waals surface area contributed by atoms with Gasteiger partial charge >= 0.3 is 5.97 Å². The van der Waals surface area contributed by atoms with E-state index in [1.807, 2.05) is 60.8 Å². The Morgan fingerprint density at radius 1 is 0.533 bits per heavy atom. The van der Waals surface area contributed by atoms with Crippen LogP contribution < -0.4 is 5.32 Å². The van der Waals surface area contributed by atoms with Crippen LogP contribution in [0.4, 0.5) is 0 Å². The molecule has 0 aromatic rings. The Kier molecular flexibility index (Phi) is 48.0. The Labute approximate surface area is 457 Å². The first-order chi connectivity index (χ1) is 36.7. The largest absolute Gasteiger partial charge is 0.454 e. The Balaban J connectivity index is 2.64. The second-order valence-electron chi connectivity index (χ2n) is 20.8. The van der Waals surface area contributed by atoms with E-state index in [-0.39, 0.29) is 19.4 Å². The van der Waals surface area contributed by atoms with Gasteiger partial charge < -0.3 is 45.1 Å². The van der Waals surface area contributed by atoms with Gasteiger partial charge in [-0.1, -0.05) is 260 Å². The van der Waals surface area contributed by atoms with Crippen molar-refractivity contribution in [3.63, 3.8) is 0 Å². The molecule has 8 unspecified atom stereocenters. The summed E-state index contributed by atoms with van der Waals surface area (Å²) < 4.78 is 17.6. The van der Waals surface area contributed by atoms with Gasteiger partial charge in [-0.05, 0) is 64.2 Å². The molecule has 0 aromatic heterocycles. The van der Waals surface area contributed by atoms with E-state index in [1.54, 1.807) is 6.08 Å². The maximum absolute atomic E-state index is 13.3. The number of nitrogens with one attached hydrogen (secondary N) is 1. The molecule has 11 nitrogen and oxygen atoms in total. The minimum Gasteiger partial charge on any atom is -0.454 e. The summed E-state index contributed by atoms with van der Waals surface area (Å²) in [6.07, 6.45) is 56.6. The zero-order chi connectivity index (χ0) is 54.7. The first-order valence-corrected chi connectivity index (χ1v) is 30.4. The molecule has 0 aliphatic carbocycles. The summed E-state index contributed by atoms with van der Waals surface area (Å²) in [4.78, 5) is 26.4. The molecule has 1 rings (SSSR count). The summed E-state index contributed by atoms with van der Waals surface area (Å²) in [6, 6.07) is -1.06. The van der Waals surface area contributed by atoms with Crippen LogP contribution >= 0.6 is 0 Å². The molecule has 0 spiro atoms. The van der Waals surface area contributed by atoms with Crippen molar-refractivity contribution in [2.75, 3.05) is 13.2 Å². The van der Waals surface area contributed by atoms with Crippen LogP contribution in [0.3, 0.4) is 0 Å². The van der Waals surface area contributed by atoms with E-state index in [1.165, 1.54) is 148 Å². The zero-order valence-corrected chi connectivity index (χ0v) is 47.6. The maximum atomic E-state index is 13.3. The number of carbonyl (C=O) groups excluding carboxylic acids is 2. The number of hydrogen-bond acceptors (Lipinski definition) is 10. The molecule has 1 aliphatic heterocycles. The Morgan fingerprint density at radius 2 is 0.973 bits per heavy atom. The SMILES string of the molecule is CC/C=C/C=C/C=C\C=C/C=C/CCC(O)C(=O)NC(COC1OC(CO)C(O)C(O)C1OC(=O)CCCCCCCCCCCCCCC/C=C/CCCCCCCC)C(O)/C=C/CCCCCCCCCCC. The number of esters is 1. The number of aliphatic hydroxyl groups is 5. The van der Waals surface area contributed by atoms with Crippen LogP contribution in [0, 0.1) is 0 Å². The monoisotopic (exact) mass is 1050 g/mol. The maximum Gasteiger partial charge on any atom is 0.306 e. The lowest BCUT2D eigenvalue weighted by atomic mass is 9.99. The molecule has 1 amide bonds. The van der Waals surface area contributed by atoms with Crippen LogP contribution in [0.25, 0.3) is 0 Å². The van der Waals surface area contributed by atoms with Crippen LogP contribution in [0.5, 0.6) is 0 Å². The minimum absolute atomic E-state index is 0.112. The fourth-order valence-electron chi connectivity index (χ4n) is 9.09. The van der Waals surface area contributed by atoms with Gasteiger partial charge in [0.2, 0.25) is 5.91 Å². The van der Waals surface area contributed by atoms with Crippen molar-refractivity contribution >= 4 is 11.9 Å². The van der Waals surface area contributed by atoms with Gasteiger partial charge in [-0.25, -0.2) is 0 Å². The van der Waals surface area contributed by atoms with Gasteiger partial charge in [-0.2, -0.15) is 0 Å². The number of allylic oxidation sites excluding steroid dienone is 13. The van der Waals surface area contributed by atoms with Gasteiger partial charge in [0.25, 0.3) is 0 Å². The van der Waals surface area contributed by atoms with E-state index < -0.39 is 67.4 Å². The summed E-state index contributed by atoms with van der Waals surface area (Å²) in [5.41, 5.74) is 0. The van der Waals surface area contributed by atoms with Crippen molar-refractivity contribution in [2.24, 2.45) is 0 Å². The number of unbranched alkanes of at least 4 members (excludes halogenated alkanes) is 28. The van der Waals surface area contributed by atoms with Crippen LogP contribution in [0.2, 0.25) is 0 Å². The third-order valence-corrected chi connectivity index (χ3v) is 13.9. The third kappa shape index (κ3) is 39.8. The van der Waals surface area contributed by atoms with E-state index in [4.69, 9.17) is 14.2 Å². The molecule has 1 heterocycles. The second kappa shape index (κ2) is 51.6. The van der Waals surface area contributed by atoms with E-state index in [2.05, 4.69) is 44.3 Å². The minimum atomic E-state index is -1.63. The average Bonchev–Trinajstić information content (AvgIpc) is 3.41. The summed E-state index contributed by atoms with van der Waals surface area (Å²) >= 11 is 0. The number of ether oxygens (including phenoxy) is 3. The number of amides is 1. The van der Waals surface area contributed by atoms with E-state index in [0.29, 0.717) is 12.8 Å². The predicted octanol–water partition coefficient (Wildman–Crippen LogP) is 14.2. The number of rotatable bonds is 50. The first-order valence-electron chi connectivity index (χ1n) is 30.4. The number of hydrogen-bond donors (Lipinski definition) is 6. The van der Waals surface area contributed by atoms with Crippen molar-refractivity contribution in [3.8, 4) is 0 Å². The highest BCUT2D eigenvalue weighted by molar-refractivity contribution is 5.80. The zero-order valence-electron chi connectivity index (χ0n) is 47.6. The average molecular weight is 1050 g/mol. The summed E-state index contributed by atoms with van der Waals surface area (Å²) in [7, 11) is 0. The van der Waals surface area contributed by atoms with Gasteiger partial charge in [-0.3, -0.25) is 9.59 Å². The molecule has 0 bridgehead atoms. The predicted molar refractivity (Wildman–Crippen MR) is 310 cm³/mol. The van der Waals surface area contributed by atoms with Gasteiger partial charge in [0, 0.05) is 6.42 Å². The third-order valence-electron chi connectivity index (χ3n) is 13.9. The smallest absolute Gasteiger partial charge is 0.306 e. The quantitative estimate of drug-likeness (QED) is 0.0149. The Bertz CT molecular complexity index is 1540. The van der Waals surface area contributed by atoms with Gasteiger partial charge in [0.1, 0.15) is 24.4 Å². The molecule has 0 aromatic carbocycles. The van der Waals surface area contributed by atoms with Crippen LogP contribution in [-0.4, -0.2) is 99.6 Å². The molecule has 432 valence electrons. The van der Waals surface area contributed by atoms with Crippen molar-refractivity contribution in [2.45, 2.75) is 294 Å². The topological polar surface area (TPSA) is 175 Å². The normalized spacial score (nSPS) is 19.8. The first kappa shape index (κ1) is 69.9. The molecular formula is C64H111NO10. The van der Waals surface area contributed by atoms with E-state index in [9.17, 15) is 35.1 Å². The molecule has 0 saturated carbocycles. The summed E-state index contributed by atoms with van der Waals surface area (Å²) in [5.74, 6) is -1.28. The van der Waals surface area contributed by atoms with Crippen molar-refractivity contribution in [1.82, 2.24) is 5.32 Å². The molecule has 8 atom stereocenters. The van der Waals surface area contributed by atoms with Gasteiger partial charge in [0.05, 0.1) is 25.4 Å². The molecule has 1 fully saturated rings. The number of carbonyl (C=O) groups is 2. The highest BCUT2D eigenvalue weighted by atomic mass is 16.7. The van der Waals surface area contributed by atoms with E-state index >= 15 is 0 Å². The van der Waals surface area contributed by atoms with Crippen LogP contribution in [0.15, 0.2) is 85.1 Å². The Hall–Kier alpha value is -3.16. The molecule has 11 heteroatoms. The van der Waals surface area contributed by atoms with Crippen molar-refractivity contribution in [1.29, 1.82) is 0 Å². The molecule has 1 aliphatic rings. The molecule has 1 saturated heterocycles. The van der Waals surface area contributed by atoms with Gasteiger partial charge in [0.15, 0.2) is 12.4 Å². The van der Waals surface area contributed by atoms with E-state index in [0.717, 1.165) is 51.4 Å². The summed E-state index contributed by atoms with van der Waals surface area (Å²) in [6.45, 7) is 5.57. The highest BCUT2D eigenvalue weighted by Crippen LogP contribution is 2.26. The lowest BCUT2D eigenvalue weighted by Crippen LogP contribution is -2.61.